The number of carbonyl (C=O) groups is 1. The quantitative estimate of drug-likeness (QED) is 0.477. The second-order valence-corrected chi connectivity index (χ2v) is 6.88. The molecule has 0 aliphatic rings. The molecule has 0 bridgehead atoms. The van der Waals surface area contributed by atoms with Crippen LogP contribution < -0.4 is 15.4 Å². The highest BCUT2D eigenvalue weighted by Crippen LogP contribution is 2.24. The van der Waals surface area contributed by atoms with Gasteiger partial charge in [-0.25, -0.2) is 19.3 Å². The topological polar surface area (TPSA) is 93.4 Å². The number of nitrogens with zero attached hydrogens (tertiary/aromatic N) is 4. The highest BCUT2D eigenvalue weighted by molar-refractivity contribution is 5.94. The number of amides is 1. The van der Waals surface area contributed by atoms with Gasteiger partial charge in [-0.15, -0.1) is 0 Å². The second-order valence-electron chi connectivity index (χ2n) is 6.88. The van der Waals surface area contributed by atoms with Crippen LogP contribution in [0.5, 0.6) is 5.75 Å². The number of aromatic nitrogens is 4. The minimum atomic E-state index is -0.469. The van der Waals surface area contributed by atoms with Crippen molar-refractivity contribution in [3.63, 3.8) is 0 Å². The summed E-state index contributed by atoms with van der Waals surface area (Å²) in [6, 6.07) is 6.73. The van der Waals surface area contributed by atoms with Crippen LogP contribution in [0.1, 0.15) is 21.5 Å². The van der Waals surface area contributed by atoms with Gasteiger partial charge in [-0.3, -0.25) is 4.79 Å². The molecule has 0 fully saturated rings. The number of carbonyl (C=O) groups excluding carboxylic acids is 1. The fourth-order valence-electron chi connectivity index (χ4n) is 3.21. The first-order valence-electron chi connectivity index (χ1n) is 9.66. The molecule has 8 nitrogen and oxygen atoms in total. The minimum absolute atomic E-state index is 0.0429. The van der Waals surface area contributed by atoms with Crippen LogP contribution in [0.2, 0.25) is 0 Å². The summed E-state index contributed by atoms with van der Waals surface area (Å²) in [4.78, 5) is 24.9. The van der Waals surface area contributed by atoms with E-state index >= 15 is 0 Å². The Morgan fingerprint density at radius 1 is 1.13 bits per heavy atom. The van der Waals surface area contributed by atoms with Gasteiger partial charge in [0.1, 0.15) is 5.65 Å². The molecule has 3 aromatic heterocycles. The van der Waals surface area contributed by atoms with Gasteiger partial charge in [0.25, 0.3) is 5.91 Å². The van der Waals surface area contributed by atoms with Gasteiger partial charge in [0.05, 0.1) is 7.11 Å². The van der Waals surface area contributed by atoms with Gasteiger partial charge in [0.2, 0.25) is 5.95 Å². The fourth-order valence-corrected chi connectivity index (χ4v) is 3.21. The number of anilines is 2. The number of ether oxygens (including phenoxy) is 1. The van der Waals surface area contributed by atoms with Crippen LogP contribution in [0.25, 0.3) is 5.65 Å². The Morgan fingerprint density at radius 2 is 1.94 bits per heavy atom. The molecule has 0 spiro atoms. The normalized spacial score (nSPS) is 10.8. The molecule has 158 valence electrons. The van der Waals surface area contributed by atoms with Crippen molar-refractivity contribution in [2.24, 2.45) is 0 Å². The predicted octanol–water partition coefficient (Wildman–Crippen LogP) is 3.16. The summed E-state index contributed by atoms with van der Waals surface area (Å²) >= 11 is 0. The summed E-state index contributed by atoms with van der Waals surface area (Å²) in [5.74, 6) is -0.272. The van der Waals surface area contributed by atoms with E-state index in [0.717, 1.165) is 16.9 Å². The smallest absolute Gasteiger partial charge is 0.251 e. The molecule has 0 saturated carbocycles. The van der Waals surface area contributed by atoms with E-state index in [1.165, 1.54) is 20.2 Å². The molecule has 0 radical (unpaired) electrons. The third kappa shape index (κ3) is 4.45. The first kappa shape index (κ1) is 20.3. The zero-order valence-corrected chi connectivity index (χ0v) is 17.1. The zero-order valence-electron chi connectivity index (χ0n) is 17.1. The molecule has 1 amide bonds. The zero-order chi connectivity index (χ0) is 21.8. The Balaban J connectivity index is 1.45. The third-order valence-electron chi connectivity index (χ3n) is 4.87. The lowest BCUT2D eigenvalue weighted by molar-refractivity contribution is 0.0962. The molecule has 2 N–H and O–H groups in total. The average molecular weight is 420 g/mol. The summed E-state index contributed by atoms with van der Waals surface area (Å²) in [6.45, 7) is 0. The van der Waals surface area contributed by atoms with E-state index in [1.54, 1.807) is 24.7 Å². The van der Waals surface area contributed by atoms with Gasteiger partial charge in [0.15, 0.2) is 11.6 Å². The summed E-state index contributed by atoms with van der Waals surface area (Å²) in [5, 5.41) is 5.68. The Labute approximate surface area is 178 Å². The number of hydrogen-bond acceptors (Lipinski definition) is 6. The molecule has 0 atom stereocenters. The lowest BCUT2D eigenvalue weighted by atomic mass is 10.0. The van der Waals surface area contributed by atoms with Crippen molar-refractivity contribution in [1.29, 1.82) is 0 Å². The van der Waals surface area contributed by atoms with E-state index < -0.39 is 5.82 Å². The molecule has 31 heavy (non-hydrogen) atoms. The van der Waals surface area contributed by atoms with E-state index in [1.807, 2.05) is 28.9 Å². The van der Waals surface area contributed by atoms with E-state index in [4.69, 9.17) is 4.74 Å². The predicted molar refractivity (Wildman–Crippen MR) is 114 cm³/mol. The van der Waals surface area contributed by atoms with E-state index in [-0.39, 0.29) is 11.7 Å². The summed E-state index contributed by atoms with van der Waals surface area (Å²) in [6.07, 6.45) is 9.77. The minimum Gasteiger partial charge on any atom is -0.494 e. The van der Waals surface area contributed by atoms with Crippen LogP contribution in [0.15, 0.2) is 55.2 Å². The maximum Gasteiger partial charge on any atom is 0.251 e. The van der Waals surface area contributed by atoms with Gasteiger partial charge < -0.3 is 19.8 Å². The van der Waals surface area contributed by atoms with E-state index in [9.17, 15) is 9.18 Å². The molecule has 0 unspecified atom stereocenters. The van der Waals surface area contributed by atoms with Crippen LogP contribution >= 0.6 is 0 Å². The highest BCUT2D eigenvalue weighted by atomic mass is 19.1. The van der Waals surface area contributed by atoms with Crippen molar-refractivity contribution in [3.8, 4) is 5.75 Å². The van der Waals surface area contributed by atoms with Gasteiger partial charge in [-0.05, 0) is 42.2 Å². The number of methoxy groups -OCH3 is 1. The molecule has 3 heterocycles. The number of aryl methyl sites for hydroxylation is 2. The van der Waals surface area contributed by atoms with E-state index in [2.05, 4.69) is 25.6 Å². The van der Waals surface area contributed by atoms with Crippen molar-refractivity contribution in [2.75, 3.05) is 19.5 Å². The lowest BCUT2D eigenvalue weighted by Crippen LogP contribution is -2.18. The Hall–Kier alpha value is -4.01. The second kappa shape index (κ2) is 8.78. The number of imidazole rings is 1. The maximum absolute atomic E-state index is 14.6. The van der Waals surface area contributed by atoms with Crippen molar-refractivity contribution < 1.29 is 13.9 Å². The molecular formula is C22H21FN6O2. The molecule has 1 aromatic carbocycles. The summed E-state index contributed by atoms with van der Waals surface area (Å²) < 4.78 is 21.6. The van der Waals surface area contributed by atoms with Crippen molar-refractivity contribution in [3.05, 3.63) is 77.8 Å². The number of hydrogen-bond donors (Lipinski definition) is 2. The van der Waals surface area contributed by atoms with Gasteiger partial charge >= 0.3 is 0 Å². The van der Waals surface area contributed by atoms with Crippen molar-refractivity contribution >= 4 is 23.2 Å². The van der Waals surface area contributed by atoms with Gasteiger partial charge in [-0.1, -0.05) is 0 Å². The molecule has 4 rings (SSSR count). The number of nitrogens with one attached hydrogen (secondary N) is 2. The summed E-state index contributed by atoms with van der Waals surface area (Å²) in [5.41, 5.74) is 3.23. The standard InChI is InChI=1S/C22H21FN6O2/c1-24-21(30)16-9-15(20(23)18(10-16)31-2)4-3-14-12-26-22(27-13-14)28-17-5-7-29-8-6-25-19(29)11-17/h5-13H,3-4H2,1-2H3,(H,24,30)(H,26,27,28). The van der Waals surface area contributed by atoms with Gasteiger partial charge in [-0.2, -0.15) is 0 Å². The lowest BCUT2D eigenvalue weighted by Gasteiger charge is -2.11. The average Bonchev–Trinajstić information content (AvgIpc) is 3.26. The Kier molecular flexibility index (Phi) is 5.74. The molecule has 0 aliphatic heterocycles. The SMILES string of the molecule is CNC(=O)c1cc(CCc2cnc(Nc3ccn4ccnc4c3)nc2)c(F)c(OC)c1. The first-order chi connectivity index (χ1) is 15.1. The van der Waals surface area contributed by atoms with E-state index in [0.29, 0.717) is 29.9 Å². The van der Waals surface area contributed by atoms with Crippen LogP contribution in [-0.4, -0.2) is 39.4 Å². The fraction of sp³-hybridized carbons (Fsp3) is 0.182. The highest BCUT2D eigenvalue weighted by Gasteiger charge is 2.15. The number of benzene rings is 1. The molecular weight excluding hydrogens is 399 g/mol. The van der Waals surface area contributed by atoms with Crippen LogP contribution in [0.4, 0.5) is 16.0 Å². The van der Waals surface area contributed by atoms with Crippen molar-refractivity contribution in [1.82, 2.24) is 24.7 Å². The van der Waals surface area contributed by atoms with Crippen molar-refractivity contribution in [2.45, 2.75) is 12.8 Å². The Morgan fingerprint density at radius 3 is 2.68 bits per heavy atom. The molecule has 9 heteroatoms. The molecule has 4 aromatic rings. The molecule has 0 saturated heterocycles. The number of halogens is 1. The maximum atomic E-state index is 14.6. The van der Waals surface area contributed by atoms with Crippen LogP contribution in [0, 0.1) is 5.82 Å². The van der Waals surface area contributed by atoms with Gasteiger partial charge in [0, 0.05) is 55.3 Å². The van der Waals surface area contributed by atoms with Crippen LogP contribution in [0.3, 0.4) is 0 Å². The largest absolute Gasteiger partial charge is 0.494 e. The number of pyridine rings is 1. The first-order valence-corrected chi connectivity index (χ1v) is 9.66. The Bertz CT molecular complexity index is 1220. The number of fused-ring (bicyclic) bond motifs is 1. The molecule has 0 aliphatic carbocycles. The summed E-state index contributed by atoms with van der Waals surface area (Å²) in [7, 11) is 2.90. The monoisotopic (exact) mass is 420 g/mol. The number of rotatable bonds is 7. The van der Waals surface area contributed by atoms with Crippen LogP contribution in [-0.2, 0) is 12.8 Å². The third-order valence-corrected chi connectivity index (χ3v) is 4.87.